The lowest BCUT2D eigenvalue weighted by Crippen LogP contribution is -2.07. The summed E-state index contributed by atoms with van der Waals surface area (Å²) >= 11 is 0. The number of hydrogen-bond acceptors (Lipinski definition) is 2. The first kappa shape index (κ1) is 14.8. The quantitative estimate of drug-likeness (QED) is 0.877. The average Bonchev–Trinajstić information content (AvgIpc) is 2.47. The van der Waals surface area contributed by atoms with Gasteiger partial charge in [-0.2, -0.15) is 0 Å². The van der Waals surface area contributed by atoms with E-state index >= 15 is 0 Å². The molecule has 2 N–H and O–H groups in total. The summed E-state index contributed by atoms with van der Waals surface area (Å²) in [7, 11) is 0. The molecule has 0 saturated heterocycles. The van der Waals surface area contributed by atoms with Gasteiger partial charge < -0.3 is 10.2 Å². The van der Waals surface area contributed by atoms with Gasteiger partial charge in [0.05, 0.1) is 11.1 Å². The maximum Gasteiger partial charge on any atom is 0.336 e. The van der Waals surface area contributed by atoms with E-state index in [-0.39, 0.29) is 11.1 Å². The number of benzene rings is 2. The number of aryl methyl sites for hydroxylation is 1. The summed E-state index contributed by atoms with van der Waals surface area (Å²) in [4.78, 5) is 22.2. The standard InChI is InChI=1S/C17H16O4/c1-2-3-11-4-6-12(7-5-11)13-8-9-14(16(18)19)15(10-13)17(20)21/h4-10H,2-3H2,1H3,(H,18,19)(H,20,21). The van der Waals surface area contributed by atoms with E-state index < -0.39 is 11.9 Å². The molecule has 0 aliphatic heterocycles. The maximum absolute atomic E-state index is 11.2. The van der Waals surface area contributed by atoms with Crippen molar-refractivity contribution in [2.24, 2.45) is 0 Å². The topological polar surface area (TPSA) is 74.6 Å². The molecule has 4 heteroatoms. The highest BCUT2D eigenvalue weighted by molar-refractivity contribution is 6.02. The number of carboxylic acids is 2. The van der Waals surface area contributed by atoms with Crippen molar-refractivity contribution in [3.05, 3.63) is 59.2 Å². The lowest BCUT2D eigenvalue weighted by molar-refractivity contribution is 0.0651. The van der Waals surface area contributed by atoms with E-state index in [0.717, 1.165) is 18.4 Å². The van der Waals surface area contributed by atoms with Gasteiger partial charge in [-0.3, -0.25) is 0 Å². The highest BCUT2D eigenvalue weighted by Crippen LogP contribution is 2.23. The Morgan fingerprint density at radius 1 is 0.857 bits per heavy atom. The van der Waals surface area contributed by atoms with E-state index in [1.807, 2.05) is 24.3 Å². The van der Waals surface area contributed by atoms with Crippen LogP contribution in [0.2, 0.25) is 0 Å². The maximum atomic E-state index is 11.2. The van der Waals surface area contributed by atoms with E-state index in [1.165, 1.54) is 17.7 Å². The van der Waals surface area contributed by atoms with Gasteiger partial charge in [-0.15, -0.1) is 0 Å². The number of hydrogen-bond donors (Lipinski definition) is 2. The minimum absolute atomic E-state index is 0.197. The van der Waals surface area contributed by atoms with Gasteiger partial charge in [-0.25, -0.2) is 9.59 Å². The van der Waals surface area contributed by atoms with E-state index in [1.54, 1.807) is 6.07 Å². The number of carbonyl (C=O) groups is 2. The molecule has 0 spiro atoms. The molecule has 0 heterocycles. The van der Waals surface area contributed by atoms with Crippen LogP contribution in [0, 0.1) is 0 Å². The van der Waals surface area contributed by atoms with Crippen LogP contribution in [0.1, 0.15) is 39.6 Å². The number of rotatable bonds is 5. The van der Waals surface area contributed by atoms with Crippen molar-refractivity contribution in [1.82, 2.24) is 0 Å². The third-order valence-electron chi connectivity index (χ3n) is 3.31. The molecule has 4 nitrogen and oxygen atoms in total. The van der Waals surface area contributed by atoms with E-state index in [4.69, 9.17) is 10.2 Å². The van der Waals surface area contributed by atoms with Gasteiger partial charge in [-0.05, 0) is 35.2 Å². The van der Waals surface area contributed by atoms with Crippen LogP contribution in [0.15, 0.2) is 42.5 Å². The molecule has 0 atom stereocenters. The summed E-state index contributed by atoms with van der Waals surface area (Å²) < 4.78 is 0. The average molecular weight is 284 g/mol. The van der Waals surface area contributed by atoms with E-state index in [9.17, 15) is 9.59 Å². The predicted molar refractivity (Wildman–Crippen MR) is 79.8 cm³/mol. The molecule has 0 radical (unpaired) electrons. The molecule has 0 aromatic heterocycles. The van der Waals surface area contributed by atoms with Gasteiger partial charge in [0.25, 0.3) is 0 Å². The van der Waals surface area contributed by atoms with Crippen LogP contribution in [0.25, 0.3) is 11.1 Å². The Hall–Kier alpha value is -2.62. The molecule has 0 aliphatic carbocycles. The Morgan fingerprint density at radius 3 is 1.95 bits per heavy atom. The number of carboxylic acid groups (broad SMARTS) is 2. The largest absolute Gasteiger partial charge is 0.478 e. The monoisotopic (exact) mass is 284 g/mol. The molecule has 0 unspecified atom stereocenters. The smallest absolute Gasteiger partial charge is 0.336 e. The van der Waals surface area contributed by atoms with Crippen LogP contribution in [0.4, 0.5) is 0 Å². The predicted octanol–water partition coefficient (Wildman–Crippen LogP) is 3.70. The molecule has 2 aromatic rings. The summed E-state index contributed by atoms with van der Waals surface area (Å²) in [6.07, 6.45) is 2.06. The van der Waals surface area contributed by atoms with Crippen molar-refractivity contribution in [2.45, 2.75) is 19.8 Å². The number of aromatic carboxylic acids is 2. The minimum atomic E-state index is -1.24. The Kier molecular flexibility index (Phi) is 4.38. The fourth-order valence-corrected chi connectivity index (χ4v) is 2.24. The molecule has 0 aliphatic rings. The van der Waals surface area contributed by atoms with Gasteiger partial charge in [0.2, 0.25) is 0 Å². The van der Waals surface area contributed by atoms with Crippen molar-refractivity contribution in [3.63, 3.8) is 0 Å². The van der Waals surface area contributed by atoms with Crippen LogP contribution in [0.5, 0.6) is 0 Å². The molecule has 21 heavy (non-hydrogen) atoms. The zero-order valence-electron chi connectivity index (χ0n) is 11.7. The molecular weight excluding hydrogens is 268 g/mol. The van der Waals surface area contributed by atoms with Gasteiger partial charge in [0, 0.05) is 0 Å². The van der Waals surface area contributed by atoms with E-state index in [0.29, 0.717) is 5.56 Å². The summed E-state index contributed by atoms with van der Waals surface area (Å²) in [6.45, 7) is 2.11. The van der Waals surface area contributed by atoms with Crippen molar-refractivity contribution in [2.75, 3.05) is 0 Å². The van der Waals surface area contributed by atoms with Crippen LogP contribution < -0.4 is 0 Å². The molecule has 0 saturated carbocycles. The molecule has 0 fully saturated rings. The summed E-state index contributed by atoms with van der Waals surface area (Å²) in [5.41, 5.74) is 2.39. The lowest BCUT2D eigenvalue weighted by atomic mass is 9.98. The molecule has 108 valence electrons. The molecule has 2 aromatic carbocycles. The van der Waals surface area contributed by atoms with Crippen molar-refractivity contribution in [3.8, 4) is 11.1 Å². The Morgan fingerprint density at radius 2 is 1.43 bits per heavy atom. The van der Waals surface area contributed by atoms with Gasteiger partial charge in [0.15, 0.2) is 0 Å². The highest BCUT2D eigenvalue weighted by atomic mass is 16.4. The van der Waals surface area contributed by atoms with Crippen LogP contribution in [0.3, 0.4) is 0 Å². The Balaban J connectivity index is 2.42. The second kappa shape index (κ2) is 6.22. The lowest BCUT2D eigenvalue weighted by Gasteiger charge is -2.07. The van der Waals surface area contributed by atoms with Gasteiger partial charge in [-0.1, -0.05) is 43.7 Å². The molecular formula is C17H16O4. The SMILES string of the molecule is CCCc1ccc(-c2ccc(C(=O)O)c(C(=O)O)c2)cc1. The summed E-state index contributed by atoms with van der Waals surface area (Å²) in [5.74, 6) is -2.48. The van der Waals surface area contributed by atoms with Gasteiger partial charge >= 0.3 is 11.9 Å². The second-order valence-corrected chi connectivity index (χ2v) is 4.82. The van der Waals surface area contributed by atoms with Crippen LogP contribution >= 0.6 is 0 Å². The molecule has 0 amide bonds. The normalized spacial score (nSPS) is 10.3. The fourth-order valence-electron chi connectivity index (χ4n) is 2.24. The van der Waals surface area contributed by atoms with E-state index in [2.05, 4.69) is 6.92 Å². The third kappa shape index (κ3) is 3.28. The molecule has 0 bridgehead atoms. The van der Waals surface area contributed by atoms with Crippen molar-refractivity contribution >= 4 is 11.9 Å². The van der Waals surface area contributed by atoms with Crippen LogP contribution in [-0.2, 0) is 6.42 Å². The first-order valence-electron chi connectivity index (χ1n) is 6.73. The minimum Gasteiger partial charge on any atom is -0.478 e. The zero-order valence-corrected chi connectivity index (χ0v) is 11.7. The van der Waals surface area contributed by atoms with Crippen molar-refractivity contribution in [1.29, 1.82) is 0 Å². The Labute approximate surface area is 122 Å². The summed E-state index contributed by atoms with van der Waals surface area (Å²) in [5, 5.41) is 18.1. The fraction of sp³-hybridized carbons (Fsp3) is 0.176. The first-order chi connectivity index (χ1) is 10.0. The highest BCUT2D eigenvalue weighted by Gasteiger charge is 2.16. The second-order valence-electron chi connectivity index (χ2n) is 4.82. The Bertz CT molecular complexity index is 672. The zero-order chi connectivity index (χ0) is 15.4. The third-order valence-corrected chi connectivity index (χ3v) is 3.31. The molecule has 2 rings (SSSR count). The van der Waals surface area contributed by atoms with Crippen LogP contribution in [-0.4, -0.2) is 22.2 Å². The van der Waals surface area contributed by atoms with Crippen molar-refractivity contribution < 1.29 is 19.8 Å². The summed E-state index contributed by atoms with van der Waals surface area (Å²) in [6, 6.07) is 12.2. The first-order valence-corrected chi connectivity index (χ1v) is 6.73. The van der Waals surface area contributed by atoms with Gasteiger partial charge in [0.1, 0.15) is 0 Å².